The van der Waals surface area contributed by atoms with Crippen molar-refractivity contribution in [3.8, 4) is 5.75 Å². The zero-order valence-corrected chi connectivity index (χ0v) is 14.8. The number of rotatable bonds is 6. The summed E-state index contributed by atoms with van der Waals surface area (Å²) in [6.07, 6.45) is 1.72. The Labute approximate surface area is 147 Å². The van der Waals surface area contributed by atoms with Crippen molar-refractivity contribution in [2.45, 2.75) is 19.5 Å². The molecule has 0 bridgehead atoms. The van der Waals surface area contributed by atoms with E-state index in [4.69, 9.17) is 4.74 Å². The van der Waals surface area contributed by atoms with Gasteiger partial charge in [-0.15, -0.1) is 0 Å². The summed E-state index contributed by atoms with van der Waals surface area (Å²) in [5.74, 6) is 0.568. The zero-order chi connectivity index (χ0) is 18.4. The maximum atomic E-state index is 13.7. The monoisotopic (exact) mass is 346 g/mol. The number of benzene rings is 1. The Bertz CT molecular complexity index is 720. The first-order valence-corrected chi connectivity index (χ1v) is 7.90. The van der Waals surface area contributed by atoms with Gasteiger partial charge in [0.05, 0.1) is 13.2 Å². The van der Waals surface area contributed by atoms with Crippen LogP contribution in [-0.4, -0.2) is 32.2 Å². The molecule has 2 rings (SSSR count). The van der Waals surface area contributed by atoms with Gasteiger partial charge in [0.1, 0.15) is 5.82 Å². The number of pyridine rings is 1. The molecule has 0 radical (unpaired) electrons. The van der Waals surface area contributed by atoms with Crippen molar-refractivity contribution >= 4 is 11.8 Å². The predicted octanol–water partition coefficient (Wildman–Crippen LogP) is 2.86. The van der Waals surface area contributed by atoms with Gasteiger partial charge in [-0.3, -0.25) is 0 Å². The average Bonchev–Trinajstić information content (AvgIpc) is 2.60. The molecule has 1 unspecified atom stereocenters. The zero-order valence-electron chi connectivity index (χ0n) is 14.8. The van der Waals surface area contributed by atoms with Crippen LogP contribution in [0.25, 0.3) is 0 Å². The van der Waals surface area contributed by atoms with Gasteiger partial charge in [0.2, 0.25) is 0 Å². The lowest BCUT2D eigenvalue weighted by atomic mass is 10.1. The molecule has 25 heavy (non-hydrogen) atoms. The van der Waals surface area contributed by atoms with Gasteiger partial charge in [0, 0.05) is 26.8 Å². The highest BCUT2D eigenvalue weighted by Gasteiger charge is 2.12. The largest absolute Gasteiger partial charge is 0.494 e. The quantitative estimate of drug-likeness (QED) is 0.844. The SMILES string of the molecule is COc1ccc(C(C)NC(=O)NCc2ccc(N(C)C)nc2)cc1F. The van der Waals surface area contributed by atoms with Crippen molar-refractivity contribution in [2.24, 2.45) is 0 Å². The summed E-state index contributed by atoms with van der Waals surface area (Å²) >= 11 is 0. The molecule has 6 nitrogen and oxygen atoms in total. The fourth-order valence-electron chi connectivity index (χ4n) is 2.25. The van der Waals surface area contributed by atoms with Gasteiger partial charge in [-0.05, 0) is 36.2 Å². The Hall–Kier alpha value is -2.83. The molecule has 0 spiro atoms. The average molecular weight is 346 g/mol. The number of urea groups is 1. The molecular weight excluding hydrogens is 323 g/mol. The number of hydrogen-bond donors (Lipinski definition) is 2. The minimum absolute atomic E-state index is 0.175. The maximum absolute atomic E-state index is 13.7. The minimum atomic E-state index is -0.457. The van der Waals surface area contributed by atoms with Crippen LogP contribution in [0.15, 0.2) is 36.5 Å². The van der Waals surface area contributed by atoms with E-state index in [0.29, 0.717) is 12.1 Å². The number of carbonyl (C=O) groups is 1. The van der Waals surface area contributed by atoms with E-state index in [1.807, 2.05) is 31.1 Å². The molecule has 2 amide bonds. The first-order chi connectivity index (χ1) is 11.9. The molecule has 1 heterocycles. The molecule has 2 aromatic rings. The van der Waals surface area contributed by atoms with Crippen LogP contribution >= 0.6 is 0 Å². The number of methoxy groups -OCH3 is 1. The van der Waals surface area contributed by atoms with E-state index in [-0.39, 0.29) is 17.8 Å². The fourth-order valence-corrected chi connectivity index (χ4v) is 2.25. The Morgan fingerprint density at radius 2 is 2.08 bits per heavy atom. The topological polar surface area (TPSA) is 66.5 Å². The smallest absolute Gasteiger partial charge is 0.315 e. The van der Waals surface area contributed by atoms with Crippen LogP contribution in [0.4, 0.5) is 15.0 Å². The lowest BCUT2D eigenvalue weighted by Crippen LogP contribution is -2.36. The second-order valence-electron chi connectivity index (χ2n) is 5.86. The molecule has 0 fully saturated rings. The third kappa shape index (κ3) is 5.07. The van der Waals surface area contributed by atoms with E-state index < -0.39 is 5.82 Å². The standard InChI is InChI=1S/C18H23FN4O2/c1-12(14-6-7-16(25-4)15(19)9-14)22-18(24)21-11-13-5-8-17(20-10-13)23(2)3/h5-10,12H,11H2,1-4H3,(H2,21,22,24). The van der Waals surface area contributed by atoms with Gasteiger partial charge in [-0.25, -0.2) is 14.2 Å². The predicted molar refractivity (Wildman–Crippen MR) is 95.3 cm³/mol. The van der Waals surface area contributed by atoms with E-state index in [2.05, 4.69) is 15.6 Å². The lowest BCUT2D eigenvalue weighted by molar-refractivity contribution is 0.237. The highest BCUT2D eigenvalue weighted by Crippen LogP contribution is 2.21. The number of amides is 2. The number of nitrogens with zero attached hydrogens (tertiary/aromatic N) is 2. The third-order valence-corrected chi connectivity index (χ3v) is 3.74. The van der Waals surface area contributed by atoms with Gasteiger partial charge in [0.15, 0.2) is 11.6 Å². The van der Waals surface area contributed by atoms with E-state index in [1.165, 1.54) is 13.2 Å². The van der Waals surface area contributed by atoms with Crippen molar-refractivity contribution in [1.29, 1.82) is 0 Å². The molecule has 0 saturated heterocycles. The summed E-state index contributed by atoms with van der Waals surface area (Å²) in [7, 11) is 5.24. The van der Waals surface area contributed by atoms with Crippen molar-refractivity contribution in [3.63, 3.8) is 0 Å². The van der Waals surface area contributed by atoms with E-state index in [1.54, 1.807) is 25.3 Å². The number of ether oxygens (including phenoxy) is 1. The molecule has 1 aromatic heterocycles. The number of hydrogen-bond acceptors (Lipinski definition) is 4. The van der Waals surface area contributed by atoms with Crippen LogP contribution in [0.2, 0.25) is 0 Å². The summed E-state index contributed by atoms with van der Waals surface area (Å²) in [4.78, 5) is 18.2. The molecule has 0 aliphatic rings. The normalized spacial score (nSPS) is 11.6. The molecule has 2 N–H and O–H groups in total. The summed E-state index contributed by atoms with van der Waals surface area (Å²) in [6.45, 7) is 2.14. The number of aromatic nitrogens is 1. The molecule has 7 heteroatoms. The van der Waals surface area contributed by atoms with Crippen LogP contribution < -0.4 is 20.3 Å². The van der Waals surface area contributed by atoms with E-state index in [0.717, 1.165) is 11.4 Å². The van der Waals surface area contributed by atoms with E-state index >= 15 is 0 Å². The fraction of sp³-hybridized carbons (Fsp3) is 0.333. The summed E-state index contributed by atoms with van der Waals surface area (Å²) in [6, 6.07) is 7.74. The third-order valence-electron chi connectivity index (χ3n) is 3.74. The number of carbonyl (C=O) groups excluding carboxylic acids is 1. The van der Waals surface area contributed by atoms with Crippen LogP contribution in [0, 0.1) is 5.82 Å². The Morgan fingerprint density at radius 3 is 2.64 bits per heavy atom. The second-order valence-corrected chi connectivity index (χ2v) is 5.86. The van der Waals surface area contributed by atoms with Gasteiger partial charge in [0.25, 0.3) is 0 Å². The number of halogens is 1. The Kier molecular flexibility index (Phi) is 6.16. The van der Waals surface area contributed by atoms with Crippen molar-refractivity contribution in [1.82, 2.24) is 15.6 Å². The molecule has 134 valence electrons. The molecular formula is C18H23FN4O2. The first kappa shape index (κ1) is 18.5. The highest BCUT2D eigenvalue weighted by atomic mass is 19.1. The molecule has 1 aromatic carbocycles. The number of nitrogens with one attached hydrogen (secondary N) is 2. The van der Waals surface area contributed by atoms with Crippen molar-refractivity contribution in [2.75, 3.05) is 26.1 Å². The minimum Gasteiger partial charge on any atom is -0.494 e. The van der Waals surface area contributed by atoms with Gasteiger partial charge in [-0.2, -0.15) is 0 Å². The van der Waals surface area contributed by atoms with Crippen molar-refractivity contribution in [3.05, 3.63) is 53.5 Å². The Balaban J connectivity index is 1.88. The molecule has 0 aliphatic carbocycles. The number of anilines is 1. The molecule has 1 atom stereocenters. The van der Waals surface area contributed by atoms with Crippen LogP contribution in [0.5, 0.6) is 5.75 Å². The van der Waals surface area contributed by atoms with Crippen LogP contribution in [-0.2, 0) is 6.54 Å². The maximum Gasteiger partial charge on any atom is 0.315 e. The highest BCUT2D eigenvalue weighted by molar-refractivity contribution is 5.74. The van der Waals surface area contributed by atoms with Crippen molar-refractivity contribution < 1.29 is 13.9 Å². The van der Waals surface area contributed by atoms with Gasteiger partial charge < -0.3 is 20.3 Å². The molecule has 0 saturated carbocycles. The van der Waals surface area contributed by atoms with Gasteiger partial charge in [-0.1, -0.05) is 12.1 Å². The van der Waals surface area contributed by atoms with Crippen LogP contribution in [0.1, 0.15) is 24.1 Å². The lowest BCUT2D eigenvalue weighted by Gasteiger charge is -2.16. The molecule has 0 aliphatic heterocycles. The summed E-state index contributed by atoms with van der Waals surface area (Å²) < 4.78 is 18.6. The van der Waals surface area contributed by atoms with Gasteiger partial charge >= 0.3 is 6.03 Å². The Morgan fingerprint density at radius 1 is 1.32 bits per heavy atom. The van der Waals surface area contributed by atoms with E-state index in [9.17, 15) is 9.18 Å². The first-order valence-electron chi connectivity index (χ1n) is 7.90. The summed E-state index contributed by atoms with van der Waals surface area (Å²) in [5, 5.41) is 5.54. The second kappa shape index (κ2) is 8.32. The van der Waals surface area contributed by atoms with Crippen LogP contribution in [0.3, 0.4) is 0 Å². The summed E-state index contributed by atoms with van der Waals surface area (Å²) in [5.41, 5.74) is 1.55.